The average molecular weight is 513 g/mol. The van der Waals surface area contributed by atoms with Gasteiger partial charge in [-0.1, -0.05) is 22.4 Å². The standard InChI is InChI=1S/C25H32N6O6/c1-25(2)36-23(17(28-30-26)11-15-7-9-19(32-3)21(13-15)34-5)24(37-25)18(29-31-27)12-16-8-10-20(33-4)22(14-16)35-6/h7-10,13-14,17-18,23-24H,11-12H2,1-6H3/t17-,18-,23+,24+/m1/s1. The van der Waals surface area contributed by atoms with E-state index < -0.39 is 30.1 Å². The molecule has 1 fully saturated rings. The monoisotopic (exact) mass is 512 g/mol. The van der Waals surface area contributed by atoms with Crippen LogP contribution in [0.15, 0.2) is 46.6 Å². The molecule has 0 bridgehead atoms. The van der Waals surface area contributed by atoms with E-state index in [0.29, 0.717) is 35.8 Å². The molecule has 0 saturated carbocycles. The van der Waals surface area contributed by atoms with E-state index in [1.807, 2.05) is 24.3 Å². The lowest BCUT2D eigenvalue weighted by Crippen LogP contribution is -2.42. The number of hydrogen-bond acceptors (Lipinski definition) is 8. The maximum Gasteiger partial charge on any atom is 0.163 e. The topological polar surface area (TPSA) is 153 Å². The molecule has 0 aromatic heterocycles. The second kappa shape index (κ2) is 12.4. The van der Waals surface area contributed by atoms with Gasteiger partial charge in [0.25, 0.3) is 0 Å². The van der Waals surface area contributed by atoms with Gasteiger partial charge in [-0.2, -0.15) is 0 Å². The fraction of sp³-hybridized carbons (Fsp3) is 0.520. The predicted molar refractivity (Wildman–Crippen MR) is 136 cm³/mol. The molecule has 0 unspecified atom stereocenters. The molecular formula is C25H32N6O6. The molecule has 0 spiro atoms. The summed E-state index contributed by atoms with van der Waals surface area (Å²) in [6, 6.07) is 9.64. The van der Waals surface area contributed by atoms with Crippen molar-refractivity contribution in [3.8, 4) is 23.0 Å². The highest BCUT2D eigenvalue weighted by molar-refractivity contribution is 5.44. The summed E-state index contributed by atoms with van der Waals surface area (Å²) in [7, 11) is 6.23. The normalized spacial score (nSPS) is 19.6. The molecular weight excluding hydrogens is 480 g/mol. The first-order chi connectivity index (χ1) is 17.8. The van der Waals surface area contributed by atoms with Gasteiger partial charge >= 0.3 is 0 Å². The average Bonchev–Trinajstić information content (AvgIpc) is 3.23. The molecule has 12 heteroatoms. The number of ether oxygens (including phenoxy) is 6. The maximum atomic E-state index is 9.37. The molecule has 1 aliphatic heterocycles. The van der Waals surface area contributed by atoms with Gasteiger partial charge in [0.2, 0.25) is 0 Å². The van der Waals surface area contributed by atoms with Crippen LogP contribution in [-0.2, 0) is 22.3 Å². The van der Waals surface area contributed by atoms with Crippen LogP contribution in [0, 0.1) is 0 Å². The predicted octanol–water partition coefficient (Wildman–Crippen LogP) is 5.38. The van der Waals surface area contributed by atoms with E-state index in [9.17, 15) is 11.1 Å². The van der Waals surface area contributed by atoms with Crippen molar-refractivity contribution in [2.45, 2.75) is 56.8 Å². The Labute approximate surface area is 215 Å². The molecule has 3 rings (SSSR count). The van der Waals surface area contributed by atoms with Gasteiger partial charge in [0, 0.05) is 9.82 Å². The van der Waals surface area contributed by atoms with Crippen LogP contribution in [0.5, 0.6) is 23.0 Å². The zero-order valence-corrected chi connectivity index (χ0v) is 21.8. The fourth-order valence-electron chi connectivity index (χ4n) is 4.49. The summed E-state index contributed by atoms with van der Waals surface area (Å²) in [5, 5.41) is 8.09. The van der Waals surface area contributed by atoms with Gasteiger partial charge in [0.05, 0.1) is 52.7 Å². The summed E-state index contributed by atoms with van der Waals surface area (Å²) >= 11 is 0. The second-order valence-electron chi connectivity index (χ2n) is 8.90. The van der Waals surface area contributed by atoms with Crippen LogP contribution in [0.2, 0.25) is 0 Å². The van der Waals surface area contributed by atoms with Gasteiger partial charge in [-0.25, -0.2) is 0 Å². The summed E-state index contributed by atoms with van der Waals surface area (Å²) < 4.78 is 33.9. The number of hydrogen-bond donors (Lipinski definition) is 0. The third kappa shape index (κ3) is 6.69. The highest BCUT2D eigenvalue weighted by Crippen LogP contribution is 2.37. The Balaban J connectivity index is 1.94. The third-order valence-corrected chi connectivity index (χ3v) is 6.11. The molecule has 2 aromatic rings. The largest absolute Gasteiger partial charge is 0.493 e. The third-order valence-electron chi connectivity index (χ3n) is 6.11. The molecule has 1 aliphatic rings. The lowest BCUT2D eigenvalue weighted by atomic mass is 9.92. The Morgan fingerprint density at radius 1 is 0.730 bits per heavy atom. The lowest BCUT2D eigenvalue weighted by Gasteiger charge is -2.27. The number of rotatable bonds is 12. The minimum absolute atomic E-state index is 0.338. The van der Waals surface area contributed by atoms with Crippen LogP contribution in [0.4, 0.5) is 0 Å². The number of azide groups is 2. The second-order valence-corrected chi connectivity index (χ2v) is 8.90. The Morgan fingerprint density at radius 2 is 1.11 bits per heavy atom. The van der Waals surface area contributed by atoms with E-state index in [0.717, 1.165) is 11.1 Å². The molecule has 4 atom stereocenters. The first kappa shape index (κ1) is 27.8. The zero-order valence-electron chi connectivity index (χ0n) is 21.8. The summed E-state index contributed by atoms with van der Waals surface area (Å²) in [6.07, 6.45) is -0.696. The number of nitrogens with zero attached hydrogens (tertiary/aromatic N) is 6. The van der Waals surface area contributed by atoms with Gasteiger partial charge in [0.15, 0.2) is 28.8 Å². The Morgan fingerprint density at radius 3 is 1.43 bits per heavy atom. The van der Waals surface area contributed by atoms with Crippen molar-refractivity contribution in [3.63, 3.8) is 0 Å². The lowest BCUT2D eigenvalue weighted by molar-refractivity contribution is -0.149. The molecule has 12 nitrogen and oxygen atoms in total. The first-order valence-corrected chi connectivity index (χ1v) is 11.6. The zero-order chi connectivity index (χ0) is 27.0. The van der Waals surface area contributed by atoms with Crippen LogP contribution >= 0.6 is 0 Å². The van der Waals surface area contributed by atoms with Gasteiger partial charge in [0.1, 0.15) is 0 Å². The Bertz CT molecular complexity index is 1090. The maximum absolute atomic E-state index is 9.37. The van der Waals surface area contributed by atoms with E-state index in [1.54, 1.807) is 54.4 Å². The smallest absolute Gasteiger partial charge is 0.163 e. The van der Waals surface area contributed by atoms with Crippen LogP contribution in [0.3, 0.4) is 0 Å². The van der Waals surface area contributed by atoms with Gasteiger partial charge in [-0.05, 0) is 73.1 Å². The summed E-state index contributed by atoms with van der Waals surface area (Å²) in [5.41, 5.74) is 20.4. The first-order valence-electron chi connectivity index (χ1n) is 11.6. The molecule has 1 saturated heterocycles. The van der Waals surface area contributed by atoms with Crippen LogP contribution in [0.1, 0.15) is 25.0 Å². The van der Waals surface area contributed by atoms with Gasteiger partial charge in [-0.15, -0.1) is 0 Å². The fourth-order valence-corrected chi connectivity index (χ4v) is 4.49. The highest BCUT2D eigenvalue weighted by atomic mass is 16.8. The van der Waals surface area contributed by atoms with Crippen molar-refractivity contribution >= 4 is 0 Å². The SMILES string of the molecule is COc1ccc(C[C@@H](N=[N+]=[N-])[C@@H]2OC(C)(C)O[C@H]2[C@@H](Cc2ccc(OC)c(OC)c2)N=[N+]=[N-])cc1OC. The highest BCUT2D eigenvalue weighted by Gasteiger charge is 2.48. The van der Waals surface area contributed by atoms with E-state index in [2.05, 4.69) is 20.1 Å². The molecule has 1 heterocycles. The summed E-state index contributed by atoms with van der Waals surface area (Å²) in [6.45, 7) is 3.54. The van der Waals surface area contributed by atoms with E-state index >= 15 is 0 Å². The number of benzene rings is 2. The van der Waals surface area contributed by atoms with Crippen LogP contribution in [0.25, 0.3) is 20.9 Å². The molecule has 0 amide bonds. The van der Waals surface area contributed by atoms with Crippen LogP contribution < -0.4 is 18.9 Å². The Hall–Kier alpha value is -3.82. The quantitative estimate of drug-likeness (QED) is 0.211. The molecule has 2 aromatic carbocycles. The minimum Gasteiger partial charge on any atom is -0.493 e. The van der Waals surface area contributed by atoms with Crippen molar-refractivity contribution in [1.29, 1.82) is 0 Å². The van der Waals surface area contributed by atoms with E-state index in [1.165, 1.54) is 0 Å². The van der Waals surface area contributed by atoms with E-state index in [4.69, 9.17) is 28.4 Å². The van der Waals surface area contributed by atoms with Crippen molar-refractivity contribution in [1.82, 2.24) is 0 Å². The van der Waals surface area contributed by atoms with Crippen LogP contribution in [-0.4, -0.2) is 58.5 Å². The molecule has 0 N–H and O–H groups in total. The molecule has 198 valence electrons. The van der Waals surface area contributed by atoms with Gasteiger partial charge in [-0.3, -0.25) is 0 Å². The van der Waals surface area contributed by atoms with Crippen molar-refractivity contribution in [2.75, 3.05) is 28.4 Å². The molecule has 37 heavy (non-hydrogen) atoms. The summed E-state index contributed by atoms with van der Waals surface area (Å²) in [4.78, 5) is 6.13. The van der Waals surface area contributed by atoms with Gasteiger partial charge < -0.3 is 28.4 Å². The van der Waals surface area contributed by atoms with E-state index in [-0.39, 0.29) is 0 Å². The molecule has 0 radical (unpaired) electrons. The number of methoxy groups -OCH3 is 4. The van der Waals surface area contributed by atoms with Crippen molar-refractivity contribution in [2.24, 2.45) is 10.2 Å². The van der Waals surface area contributed by atoms with Crippen molar-refractivity contribution < 1.29 is 28.4 Å². The molecule has 0 aliphatic carbocycles. The Kier molecular flexibility index (Phi) is 9.32. The van der Waals surface area contributed by atoms with Crippen molar-refractivity contribution in [3.05, 3.63) is 68.4 Å². The summed E-state index contributed by atoms with van der Waals surface area (Å²) in [5.74, 6) is 1.30. The minimum atomic E-state index is -0.989.